The molecule has 180 valence electrons. The van der Waals surface area contributed by atoms with Gasteiger partial charge in [-0.1, -0.05) is 42.5 Å². The van der Waals surface area contributed by atoms with Crippen LogP contribution in [0.3, 0.4) is 0 Å². The minimum absolute atomic E-state index is 0.0465. The fourth-order valence-electron chi connectivity index (χ4n) is 3.26. The number of carbonyl (C=O) groups excluding carboxylic acids is 2. The first kappa shape index (κ1) is 25.5. The van der Waals surface area contributed by atoms with Crippen molar-refractivity contribution in [3.05, 3.63) is 76.5 Å². The molecule has 1 amide bonds. The molecule has 2 aromatic carbocycles. The van der Waals surface area contributed by atoms with E-state index < -0.39 is 36.2 Å². The standard InChI is InChI=1S/C25H29BFNO6/c1-24(2)25(3,4)34-26(33-24)19(13-18-11-12-20(21(27)14-18)22(29)31-5)15-28-23(30)32-16-17-9-7-6-8-10-17/h6-14H,15-16H2,1-5H3,(H,28,30). The summed E-state index contributed by atoms with van der Waals surface area (Å²) in [5.41, 5.74) is 0.504. The summed E-state index contributed by atoms with van der Waals surface area (Å²) in [6, 6.07) is 13.5. The number of alkyl carbamates (subject to hydrolysis) is 1. The monoisotopic (exact) mass is 469 g/mol. The minimum atomic E-state index is -0.775. The molecule has 7 nitrogen and oxygen atoms in total. The van der Waals surface area contributed by atoms with Gasteiger partial charge in [0.05, 0.1) is 23.9 Å². The van der Waals surface area contributed by atoms with Gasteiger partial charge in [-0.3, -0.25) is 0 Å². The summed E-state index contributed by atoms with van der Waals surface area (Å²) in [7, 11) is 0.414. The number of methoxy groups -OCH3 is 1. The Hall–Kier alpha value is -3.17. The topological polar surface area (TPSA) is 83.1 Å². The van der Waals surface area contributed by atoms with Gasteiger partial charge in [-0.15, -0.1) is 0 Å². The molecule has 2 aromatic rings. The van der Waals surface area contributed by atoms with Crippen LogP contribution in [-0.4, -0.2) is 44.0 Å². The first-order valence-electron chi connectivity index (χ1n) is 10.9. The van der Waals surface area contributed by atoms with Crippen molar-refractivity contribution in [3.8, 4) is 0 Å². The van der Waals surface area contributed by atoms with Crippen LogP contribution in [-0.2, 0) is 25.4 Å². The lowest BCUT2D eigenvalue weighted by molar-refractivity contribution is 0.00578. The average molecular weight is 469 g/mol. The molecule has 3 rings (SSSR count). The molecule has 0 unspecified atom stereocenters. The van der Waals surface area contributed by atoms with Crippen LogP contribution in [0, 0.1) is 5.82 Å². The van der Waals surface area contributed by atoms with E-state index in [2.05, 4.69) is 10.1 Å². The van der Waals surface area contributed by atoms with E-state index in [-0.39, 0.29) is 18.7 Å². The van der Waals surface area contributed by atoms with Crippen LogP contribution in [0.15, 0.2) is 54.0 Å². The van der Waals surface area contributed by atoms with Gasteiger partial charge in [0, 0.05) is 6.54 Å². The van der Waals surface area contributed by atoms with Crippen LogP contribution in [0.4, 0.5) is 9.18 Å². The highest BCUT2D eigenvalue weighted by Gasteiger charge is 2.52. The lowest BCUT2D eigenvalue weighted by Gasteiger charge is -2.32. The summed E-state index contributed by atoms with van der Waals surface area (Å²) >= 11 is 0. The van der Waals surface area contributed by atoms with Gasteiger partial charge in [0.25, 0.3) is 0 Å². The van der Waals surface area contributed by atoms with Gasteiger partial charge in [-0.2, -0.15) is 0 Å². The van der Waals surface area contributed by atoms with E-state index in [9.17, 15) is 14.0 Å². The number of esters is 1. The van der Waals surface area contributed by atoms with Crippen LogP contribution < -0.4 is 5.32 Å². The second-order valence-electron chi connectivity index (χ2n) is 8.95. The summed E-state index contributed by atoms with van der Waals surface area (Å²) in [6.45, 7) is 7.83. The van der Waals surface area contributed by atoms with Crippen molar-refractivity contribution in [2.45, 2.75) is 45.5 Å². The molecule has 9 heteroatoms. The predicted octanol–water partition coefficient (Wildman–Crippen LogP) is 4.55. The third-order valence-corrected chi connectivity index (χ3v) is 5.96. The fraction of sp³-hybridized carbons (Fsp3) is 0.360. The Kier molecular flexibility index (Phi) is 7.79. The van der Waals surface area contributed by atoms with Crippen molar-refractivity contribution in [1.82, 2.24) is 5.32 Å². The fourth-order valence-corrected chi connectivity index (χ4v) is 3.26. The van der Waals surface area contributed by atoms with Crippen molar-refractivity contribution in [2.75, 3.05) is 13.7 Å². The van der Waals surface area contributed by atoms with E-state index in [0.29, 0.717) is 11.0 Å². The highest BCUT2D eigenvalue weighted by molar-refractivity contribution is 6.56. The number of amides is 1. The maximum Gasteiger partial charge on any atom is 0.492 e. The lowest BCUT2D eigenvalue weighted by Crippen LogP contribution is -2.41. The van der Waals surface area contributed by atoms with Crippen molar-refractivity contribution in [2.24, 2.45) is 0 Å². The largest absolute Gasteiger partial charge is 0.492 e. The average Bonchev–Trinajstić information content (AvgIpc) is 3.02. The van der Waals surface area contributed by atoms with E-state index in [4.69, 9.17) is 14.0 Å². The third-order valence-electron chi connectivity index (χ3n) is 5.96. The Morgan fingerprint density at radius 2 is 1.71 bits per heavy atom. The summed E-state index contributed by atoms with van der Waals surface area (Å²) in [4.78, 5) is 24.0. The van der Waals surface area contributed by atoms with Gasteiger partial charge >= 0.3 is 19.2 Å². The maximum absolute atomic E-state index is 14.5. The van der Waals surface area contributed by atoms with Crippen LogP contribution in [0.1, 0.15) is 49.2 Å². The van der Waals surface area contributed by atoms with Crippen molar-refractivity contribution in [3.63, 3.8) is 0 Å². The van der Waals surface area contributed by atoms with E-state index in [0.717, 1.165) is 5.56 Å². The van der Waals surface area contributed by atoms with E-state index in [1.165, 1.54) is 19.2 Å². The van der Waals surface area contributed by atoms with Crippen molar-refractivity contribution < 1.29 is 32.8 Å². The molecule has 0 atom stereocenters. The molecule has 34 heavy (non-hydrogen) atoms. The van der Waals surface area contributed by atoms with Gasteiger partial charge in [0.15, 0.2) is 0 Å². The minimum Gasteiger partial charge on any atom is -0.465 e. The number of hydrogen-bond donors (Lipinski definition) is 1. The van der Waals surface area contributed by atoms with Crippen LogP contribution >= 0.6 is 0 Å². The number of carbonyl (C=O) groups is 2. The second-order valence-corrected chi connectivity index (χ2v) is 8.95. The number of nitrogens with one attached hydrogen (secondary N) is 1. The molecule has 0 radical (unpaired) electrons. The number of rotatable bonds is 7. The molecule has 1 fully saturated rings. The van der Waals surface area contributed by atoms with Gasteiger partial charge < -0.3 is 24.1 Å². The Morgan fingerprint density at radius 1 is 1.06 bits per heavy atom. The van der Waals surface area contributed by atoms with Crippen molar-refractivity contribution in [1.29, 1.82) is 0 Å². The lowest BCUT2D eigenvalue weighted by atomic mass is 9.77. The highest BCUT2D eigenvalue weighted by atomic mass is 19.1. The Balaban J connectivity index is 1.78. The van der Waals surface area contributed by atoms with Crippen molar-refractivity contribution >= 4 is 25.3 Å². The predicted molar refractivity (Wildman–Crippen MR) is 126 cm³/mol. The third kappa shape index (κ3) is 6.04. The molecule has 1 aliphatic rings. The highest BCUT2D eigenvalue weighted by Crippen LogP contribution is 2.38. The smallest absolute Gasteiger partial charge is 0.465 e. The van der Waals surface area contributed by atoms with E-state index in [1.54, 1.807) is 12.1 Å². The van der Waals surface area contributed by atoms with E-state index >= 15 is 0 Å². The van der Waals surface area contributed by atoms with Gasteiger partial charge in [0.2, 0.25) is 0 Å². The van der Waals surface area contributed by atoms with Gasteiger partial charge in [-0.25, -0.2) is 14.0 Å². The Bertz CT molecular complexity index is 1050. The molecule has 1 heterocycles. The Morgan fingerprint density at radius 3 is 2.29 bits per heavy atom. The number of ether oxygens (including phenoxy) is 2. The van der Waals surface area contributed by atoms with Gasteiger partial charge in [0.1, 0.15) is 12.4 Å². The number of hydrogen-bond acceptors (Lipinski definition) is 6. The second kappa shape index (κ2) is 10.4. The van der Waals surface area contributed by atoms with Crippen LogP contribution in [0.2, 0.25) is 0 Å². The summed E-state index contributed by atoms with van der Waals surface area (Å²) in [5, 5.41) is 2.70. The molecule has 0 bridgehead atoms. The molecule has 0 aromatic heterocycles. The molecule has 1 aliphatic heterocycles. The molecule has 0 aliphatic carbocycles. The van der Waals surface area contributed by atoms with Crippen LogP contribution in [0.5, 0.6) is 0 Å². The van der Waals surface area contributed by atoms with Gasteiger partial charge in [-0.05, 0) is 56.4 Å². The molecule has 0 saturated carbocycles. The molecular formula is C25H29BFNO6. The zero-order valence-electron chi connectivity index (χ0n) is 20.0. The molecular weight excluding hydrogens is 440 g/mol. The SMILES string of the molecule is COC(=O)c1ccc(C=C(CNC(=O)OCc2ccccc2)B2OC(C)(C)C(C)(C)O2)cc1F. The zero-order valence-corrected chi connectivity index (χ0v) is 20.0. The molecule has 1 N–H and O–H groups in total. The van der Waals surface area contributed by atoms with Crippen LogP contribution in [0.25, 0.3) is 6.08 Å². The quantitative estimate of drug-likeness (QED) is 0.473. The first-order valence-corrected chi connectivity index (χ1v) is 10.9. The summed E-state index contributed by atoms with van der Waals surface area (Å²) in [6.07, 6.45) is 1.04. The maximum atomic E-state index is 14.5. The number of benzene rings is 2. The molecule has 0 spiro atoms. The first-order chi connectivity index (χ1) is 16.0. The normalized spacial score (nSPS) is 16.8. The summed E-state index contributed by atoms with van der Waals surface area (Å²) in [5.74, 6) is -1.48. The summed E-state index contributed by atoms with van der Waals surface area (Å²) < 4.78 is 36.6. The Labute approximate surface area is 199 Å². The zero-order chi connectivity index (χ0) is 24.9. The molecule has 1 saturated heterocycles. The van der Waals surface area contributed by atoms with E-state index in [1.807, 2.05) is 58.0 Å². The number of halogens is 1.